The number of carbonyl (C=O) groups is 1. The van der Waals surface area contributed by atoms with Crippen LogP contribution in [-0.2, 0) is 22.4 Å². The molecule has 0 saturated carbocycles. The van der Waals surface area contributed by atoms with Crippen molar-refractivity contribution in [3.05, 3.63) is 71.8 Å². The molecule has 1 aliphatic rings. The standard InChI is InChI=1S/C25H35N3O2/c1-30-18-16-27-24(19-22-11-6-3-7-12-22)25(29)28(20-23-13-8-15-26-23)17-14-21-9-4-2-5-10-21/h2-7,9-12,23-24,26-27H,8,13-20H2,1H3/t23-,24+/m0/s1. The van der Waals surface area contributed by atoms with E-state index in [1.54, 1.807) is 7.11 Å². The van der Waals surface area contributed by atoms with Crippen LogP contribution in [-0.4, -0.2) is 62.8 Å². The lowest BCUT2D eigenvalue weighted by atomic mass is 10.0. The van der Waals surface area contributed by atoms with Crippen LogP contribution in [0.25, 0.3) is 0 Å². The SMILES string of the molecule is COCCN[C@H](Cc1ccccc1)C(=O)N(CCc1ccccc1)C[C@@H]1CCCN1. The van der Waals surface area contributed by atoms with Crippen LogP contribution in [0.1, 0.15) is 24.0 Å². The highest BCUT2D eigenvalue weighted by Crippen LogP contribution is 2.12. The Morgan fingerprint density at radius 1 is 1.13 bits per heavy atom. The Balaban J connectivity index is 1.70. The summed E-state index contributed by atoms with van der Waals surface area (Å²) in [6.07, 6.45) is 3.87. The van der Waals surface area contributed by atoms with Gasteiger partial charge in [-0.15, -0.1) is 0 Å². The number of ether oxygens (including phenoxy) is 1. The van der Waals surface area contributed by atoms with Crippen molar-refractivity contribution in [2.75, 3.05) is 39.9 Å². The zero-order valence-electron chi connectivity index (χ0n) is 18.1. The van der Waals surface area contributed by atoms with Crippen molar-refractivity contribution in [1.29, 1.82) is 0 Å². The molecule has 0 bridgehead atoms. The summed E-state index contributed by atoms with van der Waals surface area (Å²) in [5.74, 6) is 0.180. The summed E-state index contributed by atoms with van der Waals surface area (Å²) in [5, 5.41) is 6.98. The Morgan fingerprint density at radius 2 is 1.83 bits per heavy atom. The largest absolute Gasteiger partial charge is 0.383 e. The van der Waals surface area contributed by atoms with E-state index in [-0.39, 0.29) is 11.9 Å². The van der Waals surface area contributed by atoms with E-state index in [0.29, 0.717) is 25.6 Å². The summed E-state index contributed by atoms with van der Waals surface area (Å²) in [6, 6.07) is 20.8. The first kappa shape index (κ1) is 22.5. The molecule has 0 unspecified atom stereocenters. The van der Waals surface area contributed by atoms with Gasteiger partial charge in [-0.1, -0.05) is 60.7 Å². The summed E-state index contributed by atoms with van der Waals surface area (Å²) < 4.78 is 5.20. The van der Waals surface area contributed by atoms with Crippen molar-refractivity contribution in [1.82, 2.24) is 15.5 Å². The van der Waals surface area contributed by atoms with E-state index in [9.17, 15) is 4.79 Å². The highest BCUT2D eigenvalue weighted by atomic mass is 16.5. The number of nitrogens with zero attached hydrogens (tertiary/aromatic N) is 1. The Labute approximate surface area is 180 Å². The number of nitrogens with one attached hydrogen (secondary N) is 2. The molecule has 1 aliphatic heterocycles. The maximum atomic E-state index is 13.6. The molecule has 0 spiro atoms. The smallest absolute Gasteiger partial charge is 0.240 e. The maximum Gasteiger partial charge on any atom is 0.240 e. The third kappa shape index (κ3) is 7.24. The van der Waals surface area contributed by atoms with E-state index in [2.05, 4.69) is 51.9 Å². The fourth-order valence-electron chi connectivity index (χ4n) is 4.03. The topological polar surface area (TPSA) is 53.6 Å². The van der Waals surface area contributed by atoms with Gasteiger partial charge in [-0.25, -0.2) is 0 Å². The van der Waals surface area contributed by atoms with Gasteiger partial charge in [-0.3, -0.25) is 4.79 Å². The minimum absolute atomic E-state index is 0.180. The normalized spacial score (nSPS) is 17.0. The molecule has 162 valence electrons. The number of methoxy groups -OCH3 is 1. The van der Waals surface area contributed by atoms with E-state index in [1.165, 1.54) is 17.5 Å². The predicted octanol–water partition coefficient (Wildman–Crippen LogP) is 2.66. The zero-order valence-corrected chi connectivity index (χ0v) is 18.1. The van der Waals surface area contributed by atoms with E-state index in [0.717, 1.165) is 32.5 Å². The van der Waals surface area contributed by atoms with E-state index in [1.807, 2.05) is 24.3 Å². The van der Waals surface area contributed by atoms with E-state index < -0.39 is 0 Å². The molecule has 1 saturated heterocycles. The molecule has 2 atom stereocenters. The Bertz CT molecular complexity index is 733. The quantitative estimate of drug-likeness (QED) is 0.529. The van der Waals surface area contributed by atoms with Crippen molar-refractivity contribution < 1.29 is 9.53 Å². The van der Waals surface area contributed by atoms with Crippen LogP contribution in [0.4, 0.5) is 0 Å². The lowest BCUT2D eigenvalue weighted by Crippen LogP contribution is -2.52. The average Bonchev–Trinajstić information content (AvgIpc) is 3.30. The van der Waals surface area contributed by atoms with Crippen molar-refractivity contribution in [2.45, 2.75) is 37.8 Å². The van der Waals surface area contributed by atoms with Gasteiger partial charge in [0.2, 0.25) is 5.91 Å². The van der Waals surface area contributed by atoms with Crippen molar-refractivity contribution in [3.63, 3.8) is 0 Å². The molecular formula is C25H35N3O2. The van der Waals surface area contributed by atoms with Gasteiger partial charge in [-0.05, 0) is 43.4 Å². The van der Waals surface area contributed by atoms with Gasteiger partial charge in [0.15, 0.2) is 0 Å². The Morgan fingerprint density at radius 3 is 2.47 bits per heavy atom. The van der Waals surface area contributed by atoms with Gasteiger partial charge in [0, 0.05) is 32.8 Å². The van der Waals surface area contributed by atoms with Crippen LogP contribution in [0.15, 0.2) is 60.7 Å². The van der Waals surface area contributed by atoms with E-state index >= 15 is 0 Å². The molecule has 0 aliphatic carbocycles. The number of carbonyl (C=O) groups excluding carboxylic acids is 1. The molecule has 30 heavy (non-hydrogen) atoms. The molecule has 0 aromatic heterocycles. The zero-order chi connectivity index (χ0) is 21.0. The Hall–Kier alpha value is -2.21. The summed E-state index contributed by atoms with van der Waals surface area (Å²) in [6.45, 7) is 3.80. The first-order chi connectivity index (χ1) is 14.8. The van der Waals surface area contributed by atoms with Gasteiger partial charge in [0.1, 0.15) is 0 Å². The second kappa shape index (κ2) is 12.5. The molecule has 5 heteroatoms. The van der Waals surface area contributed by atoms with E-state index in [4.69, 9.17) is 4.74 Å². The lowest BCUT2D eigenvalue weighted by molar-refractivity contribution is -0.133. The van der Waals surface area contributed by atoms with Crippen LogP contribution >= 0.6 is 0 Å². The van der Waals surface area contributed by atoms with Crippen molar-refractivity contribution >= 4 is 5.91 Å². The summed E-state index contributed by atoms with van der Waals surface area (Å²) in [7, 11) is 1.69. The third-order valence-corrected chi connectivity index (χ3v) is 5.71. The van der Waals surface area contributed by atoms with Crippen LogP contribution < -0.4 is 10.6 Å². The minimum atomic E-state index is -0.250. The first-order valence-electron chi connectivity index (χ1n) is 11.1. The first-order valence-corrected chi connectivity index (χ1v) is 11.1. The molecular weight excluding hydrogens is 374 g/mol. The fourth-order valence-corrected chi connectivity index (χ4v) is 4.03. The van der Waals surface area contributed by atoms with Gasteiger partial charge in [0.05, 0.1) is 12.6 Å². The monoisotopic (exact) mass is 409 g/mol. The molecule has 1 heterocycles. The molecule has 2 aromatic rings. The molecule has 3 rings (SSSR count). The maximum absolute atomic E-state index is 13.6. The molecule has 2 aromatic carbocycles. The van der Waals surface area contributed by atoms with Gasteiger partial charge < -0.3 is 20.3 Å². The average molecular weight is 410 g/mol. The van der Waals surface area contributed by atoms with Crippen LogP contribution in [0.5, 0.6) is 0 Å². The number of hydrogen-bond acceptors (Lipinski definition) is 4. The highest BCUT2D eigenvalue weighted by molar-refractivity contribution is 5.82. The van der Waals surface area contributed by atoms with Crippen molar-refractivity contribution in [3.8, 4) is 0 Å². The third-order valence-electron chi connectivity index (χ3n) is 5.71. The fraction of sp³-hybridized carbons (Fsp3) is 0.480. The predicted molar refractivity (Wildman–Crippen MR) is 122 cm³/mol. The number of hydrogen-bond donors (Lipinski definition) is 2. The highest BCUT2D eigenvalue weighted by Gasteiger charge is 2.27. The second-order valence-corrected chi connectivity index (χ2v) is 8.00. The van der Waals surface area contributed by atoms with Gasteiger partial charge in [0.25, 0.3) is 0 Å². The lowest BCUT2D eigenvalue weighted by Gasteiger charge is -2.30. The van der Waals surface area contributed by atoms with Crippen LogP contribution in [0.3, 0.4) is 0 Å². The van der Waals surface area contributed by atoms with Gasteiger partial charge >= 0.3 is 0 Å². The minimum Gasteiger partial charge on any atom is -0.383 e. The number of rotatable bonds is 12. The molecule has 2 N–H and O–H groups in total. The molecule has 0 radical (unpaired) electrons. The van der Waals surface area contributed by atoms with Gasteiger partial charge in [-0.2, -0.15) is 0 Å². The number of amides is 1. The Kier molecular flexibility index (Phi) is 9.35. The van der Waals surface area contributed by atoms with Crippen molar-refractivity contribution in [2.24, 2.45) is 0 Å². The molecule has 1 fully saturated rings. The van der Waals surface area contributed by atoms with Crippen LogP contribution in [0.2, 0.25) is 0 Å². The number of benzene rings is 2. The van der Waals surface area contributed by atoms with Crippen LogP contribution in [0, 0.1) is 0 Å². The second-order valence-electron chi connectivity index (χ2n) is 8.00. The molecule has 1 amide bonds. The summed E-state index contributed by atoms with van der Waals surface area (Å²) in [4.78, 5) is 15.7. The molecule has 5 nitrogen and oxygen atoms in total. The summed E-state index contributed by atoms with van der Waals surface area (Å²) >= 11 is 0. The summed E-state index contributed by atoms with van der Waals surface area (Å²) in [5.41, 5.74) is 2.43.